The first-order valence-corrected chi connectivity index (χ1v) is 17.6. The molecule has 39 heavy (non-hydrogen) atoms. The molecule has 2 atom stereocenters. The minimum Gasteiger partial charge on any atom is -0.374 e. The minimum absolute atomic E-state index is 0.249. The van der Waals surface area contributed by atoms with Gasteiger partial charge in [0.25, 0.3) is 0 Å². The summed E-state index contributed by atoms with van der Waals surface area (Å²) < 4.78 is 12.4. The van der Waals surface area contributed by atoms with Crippen LogP contribution < -0.4 is 5.32 Å². The summed E-state index contributed by atoms with van der Waals surface area (Å²) in [5, 5.41) is 3.47. The number of nitrogens with one attached hydrogen (secondary N) is 1. The van der Waals surface area contributed by atoms with E-state index in [1.165, 1.54) is 154 Å². The molecule has 1 saturated heterocycles. The molecule has 0 aromatic carbocycles. The molecule has 230 valence electrons. The monoisotopic (exact) mass is 548 g/mol. The average molecular weight is 548 g/mol. The van der Waals surface area contributed by atoms with Crippen LogP contribution in [0.25, 0.3) is 0 Å². The quantitative estimate of drug-likeness (QED) is 0.0716. The van der Waals surface area contributed by atoms with Gasteiger partial charge in [-0.2, -0.15) is 0 Å². The summed E-state index contributed by atoms with van der Waals surface area (Å²) in [5.74, 6) is 0. The molecule has 1 heterocycles. The molecule has 1 aliphatic heterocycles. The van der Waals surface area contributed by atoms with E-state index in [9.17, 15) is 0 Å². The number of ether oxygens (including phenoxy) is 2. The van der Waals surface area contributed by atoms with Crippen LogP contribution in [0.4, 0.5) is 0 Å². The average Bonchev–Trinajstić information content (AvgIpc) is 3.40. The molecule has 0 aromatic rings. The van der Waals surface area contributed by atoms with Crippen molar-refractivity contribution in [2.24, 2.45) is 0 Å². The Morgan fingerprint density at radius 1 is 0.436 bits per heavy atom. The molecular weight excluding hydrogens is 478 g/mol. The van der Waals surface area contributed by atoms with Crippen LogP contribution >= 0.6 is 0 Å². The lowest BCUT2D eigenvalue weighted by Gasteiger charge is -2.20. The summed E-state index contributed by atoms with van der Waals surface area (Å²) >= 11 is 0. The fourth-order valence-corrected chi connectivity index (χ4v) is 5.42. The molecule has 0 spiro atoms. The van der Waals surface area contributed by atoms with Crippen molar-refractivity contribution in [1.29, 1.82) is 0 Å². The Bertz CT molecular complexity index is 486. The third-order valence-electron chi connectivity index (χ3n) is 8.08. The fraction of sp³-hybridized carbons (Fsp3) is 0.889. The van der Waals surface area contributed by atoms with E-state index < -0.39 is 0 Å². The Kier molecular flexibility index (Phi) is 28.3. The van der Waals surface area contributed by atoms with E-state index in [0.29, 0.717) is 0 Å². The van der Waals surface area contributed by atoms with Gasteiger partial charge in [-0.05, 0) is 64.2 Å². The van der Waals surface area contributed by atoms with E-state index >= 15 is 0 Å². The lowest BCUT2D eigenvalue weighted by Crippen LogP contribution is -2.30. The van der Waals surface area contributed by atoms with Gasteiger partial charge >= 0.3 is 0 Å². The van der Waals surface area contributed by atoms with Crippen LogP contribution in [0.2, 0.25) is 0 Å². The second-order valence-electron chi connectivity index (χ2n) is 11.9. The second-order valence-corrected chi connectivity index (χ2v) is 11.9. The van der Waals surface area contributed by atoms with Gasteiger partial charge in [0.1, 0.15) is 0 Å². The maximum Gasteiger partial charge on any atom is 0.0973 e. The van der Waals surface area contributed by atoms with Crippen molar-refractivity contribution in [1.82, 2.24) is 5.32 Å². The van der Waals surface area contributed by atoms with Crippen LogP contribution in [0.15, 0.2) is 24.3 Å². The van der Waals surface area contributed by atoms with E-state index in [-0.39, 0.29) is 12.2 Å². The number of hydrogen-bond acceptors (Lipinski definition) is 3. The van der Waals surface area contributed by atoms with E-state index in [1.807, 2.05) is 0 Å². The molecule has 0 bridgehead atoms. The highest BCUT2D eigenvalue weighted by molar-refractivity contribution is 4.83. The maximum atomic E-state index is 6.20. The summed E-state index contributed by atoms with van der Waals surface area (Å²) in [5.41, 5.74) is 0. The molecular formula is C36H69NO2. The molecule has 1 rings (SSSR count). The normalized spacial score (nSPS) is 17.8. The lowest BCUT2D eigenvalue weighted by atomic mass is 10.1. The Labute approximate surface area is 245 Å². The van der Waals surface area contributed by atoms with Crippen LogP contribution in [-0.4, -0.2) is 38.5 Å². The smallest absolute Gasteiger partial charge is 0.0973 e. The van der Waals surface area contributed by atoms with Gasteiger partial charge in [-0.1, -0.05) is 128 Å². The number of hydrogen-bond donors (Lipinski definition) is 1. The van der Waals surface area contributed by atoms with Crippen molar-refractivity contribution in [3.05, 3.63) is 24.3 Å². The van der Waals surface area contributed by atoms with E-state index in [1.54, 1.807) is 0 Å². The summed E-state index contributed by atoms with van der Waals surface area (Å²) in [6.45, 7) is 8.24. The molecule has 0 aromatic heterocycles. The minimum atomic E-state index is 0.249. The summed E-state index contributed by atoms with van der Waals surface area (Å²) in [6, 6.07) is 0. The first-order chi connectivity index (χ1) is 19.4. The van der Waals surface area contributed by atoms with E-state index in [0.717, 1.165) is 26.3 Å². The Morgan fingerprint density at radius 3 is 1.10 bits per heavy atom. The standard InChI is InChI=1S/C36H69NO2/c1-3-5-7-9-11-13-15-17-19-21-23-25-27-29-31-38-35-33-37-34-36(35)39-32-30-28-26-24-22-20-18-16-14-12-10-8-6-4-2/h13-16,35-37H,3-12,17-34H2,1-2H3/b15-13-,16-14-/t35-,36-/m1/s1. The van der Waals surface area contributed by atoms with E-state index in [2.05, 4.69) is 43.5 Å². The molecule has 0 aliphatic carbocycles. The Hall–Kier alpha value is -0.640. The van der Waals surface area contributed by atoms with Crippen molar-refractivity contribution in [2.45, 2.75) is 180 Å². The second kappa shape index (κ2) is 30.3. The van der Waals surface area contributed by atoms with Crippen molar-refractivity contribution in [3.63, 3.8) is 0 Å². The zero-order valence-corrected chi connectivity index (χ0v) is 26.6. The lowest BCUT2D eigenvalue weighted by molar-refractivity contribution is -0.0481. The highest BCUT2D eigenvalue weighted by Crippen LogP contribution is 2.14. The topological polar surface area (TPSA) is 30.5 Å². The Morgan fingerprint density at radius 2 is 0.744 bits per heavy atom. The van der Waals surface area contributed by atoms with Gasteiger partial charge in [-0.25, -0.2) is 0 Å². The molecule has 0 unspecified atom stereocenters. The third-order valence-corrected chi connectivity index (χ3v) is 8.08. The van der Waals surface area contributed by atoms with Crippen molar-refractivity contribution in [2.75, 3.05) is 26.3 Å². The number of unbranched alkanes of at least 4 members (excludes halogenated alkanes) is 20. The van der Waals surface area contributed by atoms with Gasteiger partial charge in [-0.15, -0.1) is 0 Å². The van der Waals surface area contributed by atoms with Crippen LogP contribution in [0.1, 0.15) is 168 Å². The van der Waals surface area contributed by atoms with Crippen molar-refractivity contribution >= 4 is 0 Å². The zero-order chi connectivity index (χ0) is 27.9. The third kappa shape index (κ3) is 24.8. The van der Waals surface area contributed by atoms with Gasteiger partial charge in [0.2, 0.25) is 0 Å². The van der Waals surface area contributed by atoms with Crippen LogP contribution in [0.3, 0.4) is 0 Å². The molecule has 0 saturated carbocycles. The van der Waals surface area contributed by atoms with Crippen LogP contribution in [0, 0.1) is 0 Å². The zero-order valence-electron chi connectivity index (χ0n) is 26.6. The van der Waals surface area contributed by atoms with Gasteiger partial charge in [0.05, 0.1) is 12.2 Å². The number of rotatable bonds is 30. The van der Waals surface area contributed by atoms with Gasteiger partial charge < -0.3 is 14.8 Å². The largest absolute Gasteiger partial charge is 0.374 e. The van der Waals surface area contributed by atoms with Gasteiger partial charge in [0.15, 0.2) is 0 Å². The Balaban J connectivity index is 1.84. The highest BCUT2D eigenvalue weighted by Gasteiger charge is 2.28. The molecule has 1 aliphatic rings. The molecule has 3 heteroatoms. The predicted molar refractivity (Wildman–Crippen MR) is 173 cm³/mol. The molecule has 1 N–H and O–H groups in total. The summed E-state index contributed by atoms with van der Waals surface area (Å²) in [7, 11) is 0. The highest BCUT2D eigenvalue weighted by atomic mass is 16.5. The van der Waals surface area contributed by atoms with Gasteiger partial charge in [-0.3, -0.25) is 0 Å². The van der Waals surface area contributed by atoms with E-state index in [4.69, 9.17) is 9.47 Å². The number of allylic oxidation sites excluding steroid dienone is 4. The van der Waals surface area contributed by atoms with Crippen LogP contribution in [-0.2, 0) is 9.47 Å². The molecule has 1 fully saturated rings. The van der Waals surface area contributed by atoms with Crippen molar-refractivity contribution in [3.8, 4) is 0 Å². The van der Waals surface area contributed by atoms with Crippen LogP contribution in [0.5, 0.6) is 0 Å². The molecule has 0 radical (unpaired) electrons. The summed E-state index contributed by atoms with van der Waals surface area (Å²) in [6.07, 6.45) is 42.1. The summed E-state index contributed by atoms with van der Waals surface area (Å²) in [4.78, 5) is 0. The SMILES string of the molecule is CCCCCC/C=C\CCCCCCCCO[C@@H]1CNC[C@H]1OCCCCCCCC/C=C\CCCCCC. The first-order valence-electron chi connectivity index (χ1n) is 17.6. The van der Waals surface area contributed by atoms with Gasteiger partial charge in [0, 0.05) is 26.3 Å². The van der Waals surface area contributed by atoms with Crippen molar-refractivity contribution < 1.29 is 9.47 Å². The predicted octanol–water partition coefficient (Wildman–Crippen LogP) is 10.9. The first kappa shape index (κ1) is 36.4. The fourth-order valence-electron chi connectivity index (χ4n) is 5.42. The molecule has 0 amide bonds. The molecule has 3 nitrogen and oxygen atoms in total. The maximum absolute atomic E-state index is 6.20.